The molecular formula is C67H67N15O13S6. The number of nitrogens with two attached hydrogens (primary N) is 1. The van der Waals surface area contributed by atoms with Crippen LogP contribution in [0.1, 0.15) is 136 Å². The predicted molar refractivity (Wildman–Crippen MR) is 376 cm³/mol. The molecule has 0 radical (unpaired) electrons. The Balaban J connectivity index is 0.886. The Bertz CT molecular complexity index is 4560. The highest BCUT2D eigenvalue weighted by molar-refractivity contribution is 7.15. The normalized spacial score (nSPS) is 21.7. The Morgan fingerprint density at radius 3 is 2.12 bits per heavy atom. The zero-order chi connectivity index (χ0) is 70.6. The van der Waals surface area contributed by atoms with Gasteiger partial charge in [0.2, 0.25) is 11.8 Å². The van der Waals surface area contributed by atoms with Crippen molar-refractivity contribution in [3.63, 3.8) is 0 Å². The molecule has 1 saturated carbocycles. The molecule has 7 aromatic heterocycles. The van der Waals surface area contributed by atoms with E-state index in [9.17, 15) is 48.9 Å². The number of nitrogens with one attached hydrogen (secondary N) is 5. The number of ether oxygens (including phenoxy) is 2. The van der Waals surface area contributed by atoms with E-state index in [0.717, 1.165) is 34.0 Å². The highest BCUT2D eigenvalue weighted by Gasteiger charge is 2.48. The van der Waals surface area contributed by atoms with Crippen molar-refractivity contribution in [1.29, 1.82) is 0 Å². The number of pyridine rings is 1. The summed E-state index contributed by atoms with van der Waals surface area (Å²) in [5, 5.41) is 56.6. The van der Waals surface area contributed by atoms with Crippen LogP contribution in [0.3, 0.4) is 0 Å². The second-order valence-electron chi connectivity index (χ2n) is 24.7. The van der Waals surface area contributed by atoms with Gasteiger partial charge in [0.15, 0.2) is 0 Å². The number of aromatic nitrogens is 7. The molecular weight excluding hydrogens is 1420 g/mol. The van der Waals surface area contributed by atoms with Crippen molar-refractivity contribution in [2.75, 3.05) is 45.9 Å². The molecule has 10 N–H and O–H groups in total. The number of rotatable bonds is 14. The number of aliphatic hydroxyl groups is 1. The number of carbonyl (C=O) groups is 8. The van der Waals surface area contributed by atoms with E-state index < -0.39 is 102 Å². The second-order valence-corrected chi connectivity index (χ2v) is 30.3. The molecule has 4 aliphatic rings. The summed E-state index contributed by atoms with van der Waals surface area (Å²) in [6, 6.07) is 13.3. The number of benzene rings is 2. The molecule has 9 aromatic rings. The molecule has 10 heterocycles. The number of carbonyl (C=O) groups excluding carboxylic acids is 7. The lowest BCUT2D eigenvalue weighted by Crippen LogP contribution is -2.50. The van der Waals surface area contributed by atoms with Gasteiger partial charge in [-0.1, -0.05) is 49.4 Å². The van der Waals surface area contributed by atoms with Gasteiger partial charge in [-0.05, 0) is 68.0 Å². The van der Waals surface area contributed by atoms with E-state index in [0.29, 0.717) is 123 Å². The van der Waals surface area contributed by atoms with E-state index in [4.69, 9.17) is 40.1 Å². The first-order chi connectivity index (χ1) is 48.8. The fourth-order valence-electron chi connectivity index (χ4n) is 12.5. The third-order valence-corrected chi connectivity index (χ3v) is 23.4. The van der Waals surface area contributed by atoms with Gasteiger partial charge in [-0.15, -0.1) is 68.0 Å². The van der Waals surface area contributed by atoms with E-state index in [1.54, 1.807) is 82.6 Å². The lowest BCUT2D eigenvalue weighted by atomic mass is 9.86. The lowest BCUT2D eigenvalue weighted by molar-refractivity contribution is -0.143. The minimum Gasteiger partial charge on any atom is -0.508 e. The second kappa shape index (κ2) is 30.8. The summed E-state index contributed by atoms with van der Waals surface area (Å²) < 4.78 is 11.7. The number of aliphatic hydroxyl groups excluding tert-OH is 1. The highest BCUT2D eigenvalue weighted by Crippen LogP contribution is 2.44. The third-order valence-electron chi connectivity index (χ3n) is 17.9. The van der Waals surface area contributed by atoms with E-state index >= 15 is 4.79 Å². The van der Waals surface area contributed by atoms with Crippen LogP contribution in [0.4, 0.5) is 4.79 Å². The van der Waals surface area contributed by atoms with Gasteiger partial charge in [0.05, 0.1) is 49.9 Å². The summed E-state index contributed by atoms with van der Waals surface area (Å²) in [5.41, 5.74) is 8.54. The number of morpholine rings is 1. The smallest absolute Gasteiger partial charge is 0.407 e. The standard InChI is InChI=1S/C67H67N15O13S6/c1-32-48(95-67(93)69-18-19-81-20-22-94-23-21-81)26-82-53(32)64-78-47(31-100-64)61-74-43(27-97-61)51-39(16-17-40(71-51)60-76-44(29-98-60)55(86)70-37-12-10-36(11-13-37)66(91)92)59-75-45(28-96-59)56(87)72-41(25-49(68)84)62-80-50(33(2)101-62)58(89)79-52(54(85)35-6-4-3-5-7-35)63-77-46(30-99-63)57(88)73-42(65(82)90)24-34-8-14-38(83)15-9-34/h3-9,14-17,27-32,36-37,41-42,48,52-54,83,85H,10-13,18-26H2,1-2H3,(H2,68,84)(H,69,93)(H,70,86)(H,72,87)(H,73,88)(H,79,89)(H,91,92)/t32-,36?,37?,41-,42-,48-,52-,53-,54+/m0/s1. The maximum absolute atomic E-state index is 15.8. The van der Waals surface area contributed by atoms with Crippen molar-refractivity contribution in [3.8, 4) is 49.1 Å². The number of phenols is 1. The molecule has 13 rings (SSSR count). The molecule has 7 atom stereocenters. The Labute approximate surface area is 600 Å². The van der Waals surface area contributed by atoms with Crippen molar-refractivity contribution < 1.29 is 63.1 Å². The van der Waals surface area contributed by atoms with Crippen LogP contribution in [-0.2, 0) is 30.3 Å². The van der Waals surface area contributed by atoms with Gasteiger partial charge in [0.25, 0.3) is 23.6 Å². The van der Waals surface area contributed by atoms with Gasteiger partial charge in [-0.2, -0.15) is 0 Å². The number of thiazole rings is 6. The van der Waals surface area contributed by atoms with Gasteiger partial charge in [-0.3, -0.25) is 38.5 Å². The van der Waals surface area contributed by atoms with Gasteiger partial charge in [0, 0.05) is 81.9 Å². The summed E-state index contributed by atoms with van der Waals surface area (Å²) in [7, 11) is 0. The molecule has 2 aromatic carbocycles. The first kappa shape index (κ1) is 70.1. The van der Waals surface area contributed by atoms with E-state index in [-0.39, 0.29) is 64.1 Å². The molecule has 3 aliphatic heterocycles. The third kappa shape index (κ3) is 16.0. The molecule has 1 aliphatic carbocycles. The summed E-state index contributed by atoms with van der Waals surface area (Å²) in [4.78, 5) is 150. The molecule has 28 nitrogen and oxygen atoms in total. The first-order valence-electron chi connectivity index (χ1n) is 32.3. The number of hydrogen-bond donors (Lipinski definition) is 9. The Kier molecular flexibility index (Phi) is 21.4. The number of aromatic hydroxyl groups is 1. The highest BCUT2D eigenvalue weighted by atomic mass is 32.1. The summed E-state index contributed by atoms with van der Waals surface area (Å²) in [6.45, 7) is 6.80. The Morgan fingerprint density at radius 2 is 1.37 bits per heavy atom. The fraction of sp³-hybridized carbons (Fsp3) is 0.358. The van der Waals surface area contributed by atoms with Gasteiger partial charge in [-0.25, -0.2) is 39.7 Å². The predicted octanol–water partition coefficient (Wildman–Crippen LogP) is 7.73. The minimum absolute atomic E-state index is 0.0265. The maximum atomic E-state index is 15.8. The molecule has 0 unspecified atom stereocenters. The number of carboxylic acid groups (broad SMARTS) is 1. The fourth-order valence-corrected chi connectivity index (χ4v) is 17.8. The molecule has 101 heavy (non-hydrogen) atoms. The number of fused-ring (bicyclic) bond motifs is 16. The van der Waals surface area contributed by atoms with Gasteiger partial charge in [0.1, 0.15) is 99.9 Å². The van der Waals surface area contributed by atoms with Crippen LogP contribution in [-0.4, -0.2) is 172 Å². The zero-order valence-electron chi connectivity index (χ0n) is 54.1. The van der Waals surface area contributed by atoms with Crippen LogP contribution in [0.25, 0.3) is 43.4 Å². The molecule has 34 heteroatoms. The van der Waals surface area contributed by atoms with Crippen molar-refractivity contribution in [1.82, 2.24) is 71.3 Å². The molecule has 2 saturated heterocycles. The Hall–Kier alpha value is -9.39. The summed E-state index contributed by atoms with van der Waals surface area (Å²) >= 11 is 6.83. The van der Waals surface area contributed by atoms with E-state index in [1.165, 1.54) is 56.9 Å². The number of aliphatic carboxylic acids is 1. The molecule has 0 spiro atoms. The average Bonchev–Trinajstić information content (AvgIpc) is 1.64. The van der Waals surface area contributed by atoms with Crippen LogP contribution in [0, 0.1) is 18.8 Å². The van der Waals surface area contributed by atoms with Crippen LogP contribution in [0.5, 0.6) is 5.75 Å². The first-order valence-corrected chi connectivity index (χ1v) is 37.6. The quantitative estimate of drug-likeness (QED) is 0.0502. The molecule has 10 bridgehead atoms. The largest absolute Gasteiger partial charge is 0.508 e. The number of phenolic OH excluding ortho intramolecular Hbond substituents is 1. The molecule has 7 amide bonds. The summed E-state index contributed by atoms with van der Waals surface area (Å²) in [6.07, 6.45) is -1.61. The molecule has 3 fully saturated rings. The van der Waals surface area contributed by atoms with E-state index in [2.05, 4.69) is 41.5 Å². The lowest BCUT2D eigenvalue weighted by Gasteiger charge is -2.29. The van der Waals surface area contributed by atoms with Crippen LogP contribution in [0.15, 0.2) is 93.6 Å². The number of nitrogens with zero attached hydrogens (tertiary/aromatic N) is 9. The number of amides is 7. The number of primary amides is 1. The number of alkyl carbamates (subject to hydrolysis) is 1. The van der Waals surface area contributed by atoms with Crippen LogP contribution < -0.4 is 32.3 Å². The van der Waals surface area contributed by atoms with Crippen LogP contribution in [0.2, 0.25) is 0 Å². The molecule has 524 valence electrons. The van der Waals surface area contributed by atoms with Gasteiger partial charge < -0.3 is 62.0 Å². The number of aryl methyl sites for hydroxylation is 1. The van der Waals surface area contributed by atoms with Crippen LogP contribution >= 0.6 is 68.0 Å². The monoisotopic (exact) mass is 1480 g/mol. The Morgan fingerprint density at radius 1 is 0.703 bits per heavy atom. The number of carboxylic acids is 1. The van der Waals surface area contributed by atoms with Gasteiger partial charge >= 0.3 is 12.1 Å². The topological polar surface area (TPSA) is 399 Å². The SMILES string of the molecule is Cc1sc2nc1C(=O)N[C@@H]([C@H](O)c1ccccc1)c1nc(cs1)C(=O)N[C@@H](Cc1ccc(O)cc1)C(=O)N1C[C@H](OC(=O)NCCN3CCOCC3)[C@H](C)[C@H]1c1nc(cs1)-c1nc(cs1)-c1nc(-c3nc(C(=O)NC4CCC(C(=O)O)CC4)cs3)ccc1-c1nc(cs1)C(=O)N[C@H]2CC(N)=O. The zero-order valence-corrected chi connectivity index (χ0v) is 59.0. The van der Waals surface area contributed by atoms with Crippen molar-refractivity contribution in [2.24, 2.45) is 17.6 Å². The average molecular weight is 1480 g/mol. The van der Waals surface area contributed by atoms with E-state index in [1.807, 2.05) is 6.92 Å². The number of hydrogen-bond acceptors (Lipinski definition) is 26. The summed E-state index contributed by atoms with van der Waals surface area (Å²) in [5.74, 6) is -5.94. The van der Waals surface area contributed by atoms with Crippen molar-refractivity contribution in [3.05, 3.63) is 147 Å². The van der Waals surface area contributed by atoms with Crippen molar-refractivity contribution >= 4 is 116 Å². The van der Waals surface area contributed by atoms with Crippen molar-refractivity contribution in [2.45, 2.75) is 94.8 Å². The maximum Gasteiger partial charge on any atom is 0.407 e. The minimum atomic E-state index is -1.44.